The molecule has 0 fully saturated rings. The molecular formula is C25H49N3O14. The Kier molecular flexibility index (Phi) is 21.2. The molecule has 17 heteroatoms. The number of aliphatic hydroxyl groups is 11. The second kappa shape index (κ2) is 22.4. The van der Waals surface area contributed by atoms with Crippen LogP contribution in [0.3, 0.4) is 0 Å². The van der Waals surface area contributed by atoms with E-state index in [1.54, 1.807) is 4.90 Å². The third-order valence-electron chi connectivity index (χ3n) is 6.11. The first kappa shape index (κ1) is 39.8. The highest BCUT2D eigenvalue weighted by Gasteiger charge is 2.35. The predicted octanol–water partition coefficient (Wildman–Crippen LogP) is -5.61. The number of carbonyl (C=O) groups is 2. The zero-order chi connectivity index (χ0) is 32.2. The fourth-order valence-electron chi connectivity index (χ4n) is 3.46. The summed E-state index contributed by atoms with van der Waals surface area (Å²) in [4.78, 5) is 25.8. The van der Waals surface area contributed by atoms with Gasteiger partial charge in [0.25, 0.3) is 11.8 Å². The summed E-state index contributed by atoms with van der Waals surface area (Å²) >= 11 is 0. The van der Waals surface area contributed by atoms with Crippen molar-refractivity contribution in [3.05, 3.63) is 12.0 Å². The van der Waals surface area contributed by atoms with Crippen molar-refractivity contribution < 1.29 is 70.5 Å². The monoisotopic (exact) mass is 615 g/mol. The number of unbranched alkanes of at least 4 members (excludes halogenated alkanes) is 1. The van der Waals surface area contributed by atoms with Crippen molar-refractivity contribution in [3.63, 3.8) is 0 Å². The molecule has 0 rings (SSSR count). The van der Waals surface area contributed by atoms with Crippen LogP contribution in [0.1, 0.15) is 32.6 Å². The number of rotatable bonds is 24. The first-order chi connectivity index (χ1) is 19.8. The van der Waals surface area contributed by atoms with E-state index in [4.69, 9.17) is 14.9 Å². The molecule has 0 saturated heterocycles. The van der Waals surface area contributed by atoms with Crippen molar-refractivity contribution in [1.29, 1.82) is 0 Å². The molecular weight excluding hydrogens is 566 g/mol. The molecule has 0 aromatic rings. The lowest BCUT2D eigenvalue weighted by Crippen LogP contribution is -2.52. The molecule has 0 saturated carbocycles. The molecule has 0 spiro atoms. The maximum Gasteiger partial charge on any atom is 0.251 e. The van der Waals surface area contributed by atoms with Gasteiger partial charge in [-0.3, -0.25) is 9.59 Å². The van der Waals surface area contributed by atoms with Gasteiger partial charge in [-0.05, 0) is 19.3 Å². The van der Waals surface area contributed by atoms with Gasteiger partial charge in [-0.25, -0.2) is 0 Å². The molecule has 8 unspecified atom stereocenters. The Hall–Kier alpha value is -2.16. The Labute approximate surface area is 244 Å². The van der Waals surface area contributed by atoms with Crippen molar-refractivity contribution >= 4 is 11.8 Å². The standard InChI is InChI=1S/C25H49N3O14/c1-2-3-10-42-14-15(31)11-28(8-4-6-26-24(40)22(38)20(36)18(34)16(32)12-29)9-5-7-27-25(41)23(39)21(37)19(35)17(33)13-30/h11,16-23,29-39H,2-10,12-14H2,1H3,(H,26,40)(H,27,41)/b15-11-. The average molecular weight is 616 g/mol. The molecule has 0 heterocycles. The lowest BCUT2D eigenvalue weighted by Gasteiger charge is -2.25. The molecule has 0 aliphatic carbocycles. The summed E-state index contributed by atoms with van der Waals surface area (Å²) in [5, 5.41) is 110. The second-order valence-corrected chi connectivity index (χ2v) is 9.70. The quantitative estimate of drug-likeness (QED) is 0.0356. The predicted molar refractivity (Wildman–Crippen MR) is 145 cm³/mol. The van der Waals surface area contributed by atoms with E-state index in [2.05, 4.69) is 10.6 Å². The van der Waals surface area contributed by atoms with Crippen LogP contribution in [0.4, 0.5) is 0 Å². The summed E-state index contributed by atoms with van der Waals surface area (Å²) in [6.07, 6.45) is -12.0. The van der Waals surface area contributed by atoms with Gasteiger partial charge in [-0.1, -0.05) is 13.3 Å². The Balaban J connectivity index is 4.92. The second-order valence-electron chi connectivity index (χ2n) is 9.70. The summed E-state index contributed by atoms with van der Waals surface area (Å²) in [5.74, 6) is -2.15. The zero-order valence-corrected chi connectivity index (χ0v) is 23.8. The average Bonchev–Trinajstić information content (AvgIpc) is 2.99. The topological polar surface area (TPSA) is 293 Å². The minimum absolute atomic E-state index is 0.00218. The van der Waals surface area contributed by atoms with Gasteiger partial charge in [0.15, 0.2) is 12.2 Å². The molecule has 8 atom stereocenters. The van der Waals surface area contributed by atoms with Gasteiger partial charge in [0.2, 0.25) is 0 Å². The Bertz CT molecular complexity index is 729. The number of hydrogen-bond acceptors (Lipinski definition) is 15. The van der Waals surface area contributed by atoms with Crippen molar-refractivity contribution in [3.8, 4) is 0 Å². The van der Waals surface area contributed by atoms with Gasteiger partial charge in [0, 0.05) is 39.0 Å². The molecule has 0 bridgehead atoms. The Morgan fingerprint density at radius 3 is 1.55 bits per heavy atom. The summed E-state index contributed by atoms with van der Waals surface area (Å²) in [5.41, 5.74) is 0. The number of aliphatic hydroxyl groups excluding tert-OH is 11. The lowest BCUT2D eigenvalue weighted by atomic mass is 10.0. The van der Waals surface area contributed by atoms with Gasteiger partial charge in [0.05, 0.1) is 13.2 Å². The minimum Gasteiger partial charge on any atom is -0.508 e. The van der Waals surface area contributed by atoms with E-state index in [-0.39, 0.29) is 51.4 Å². The maximum absolute atomic E-state index is 12.1. The van der Waals surface area contributed by atoms with Crippen LogP contribution in [-0.4, -0.2) is 174 Å². The van der Waals surface area contributed by atoms with Crippen LogP contribution in [-0.2, 0) is 14.3 Å². The van der Waals surface area contributed by atoms with E-state index in [9.17, 15) is 55.5 Å². The smallest absolute Gasteiger partial charge is 0.251 e. The normalized spacial score (nSPS) is 17.8. The highest BCUT2D eigenvalue weighted by molar-refractivity contribution is 5.81. The Morgan fingerprint density at radius 1 is 0.738 bits per heavy atom. The molecule has 0 radical (unpaired) electrons. The van der Waals surface area contributed by atoms with Crippen LogP contribution >= 0.6 is 0 Å². The van der Waals surface area contributed by atoms with Crippen LogP contribution < -0.4 is 10.6 Å². The number of carbonyl (C=O) groups excluding carboxylic acids is 2. The molecule has 0 aliphatic heterocycles. The zero-order valence-electron chi connectivity index (χ0n) is 23.8. The highest BCUT2D eigenvalue weighted by Crippen LogP contribution is 2.07. The molecule has 2 amide bonds. The van der Waals surface area contributed by atoms with Crippen LogP contribution in [0, 0.1) is 0 Å². The van der Waals surface area contributed by atoms with Crippen molar-refractivity contribution in [2.24, 2.45) is 0 Å². The largest absolute Gasteiger partial charge is 0.508 e. The van der Waals surface area contributed by atoms with Crippen LogP contribution in [0.15, 0.2) is 12.0 Å². The van der Waals surface area contributed by atoms with E-state index in [0.717, 1.165) is 12.8 Å². The molecule has 0 aromatic carbocycles. The van der Waals surface area contributed by atoms with Crippen LogP contribution in [0.2, 0.25) is 0 Å². The summed E-state index contributed by atoms with van der Waals surface area (Å²) in [6, 6.07) is 0. The SMILES string of the molecule is CCCCOC/C(O)=C/N(CCCNC(=O)C(O)C(O)C(O)C(O)CO)CCCNC(=O)C(O)C(O)C(O)C(O)CO. The van der Waals surface area contributed by atoms with E-state index >= 15 is 0 Å². The highest BCUT2D eigenvalue weighted by atomic mass is 16.5. The van der Waals surface area contributed by atoms with E-state index in [1.165, 1.54) is 6.20 Å². The molecule has 13 N–H and O–H groups in total. The molecule has 248 valence electrons. The van der Waals surface area contributed by atoms with Gasteiger partial charge in [-0.15, -0.1) is 0 Å². The van der Waals surface area contributed by atoms with E-state index in [1.807, 2.05) is 6.92 Å². The van der Waals surface area contributed by atoms with Gasteiger partial charge in [0.1, 0.15) is 49.0 Å². The molecule has 0 aromatic heterocycles. The summed E-state index contributed by atoms with van der Waals surface area (Å²) in [7, 11) is 0. The number of nitrogens with zero attached hydrogens (tertiary/aromatic N) is 1. The fourth-order valence-corrected chi connectivity index (χ4v) is 3.46. The molecule has 0 aliphatic rings. The fraction of sp³-hybridized carbons (Fsp3) is 0.840. The van der Waals surface area contributed by atoms with Gasteiger partial charge in [-0.2, -0.15) is 0 Å². The van der Waals surface area contributed by atoms with Crippen LogP contribution in [0.25, 0.3) is 0 Å². The van der Waals surface area contributed by atoms with Crippen LogP contribution in [0.5, 0.6) is 0 Å². The Morgan fingerprint density at radius 2 is 1.17 bits per heavy atom. The van der Waals surface area contributed by atoms with E-state index in [0.29, 0.717) is 6.61 Å². The number of amides is 2. The summed E-state index contributed by atoms with van der Waals surface area (Å²) in [6.45, 7) is 1.11. The van der Waals surface area contributed by atoms with Crippen molar-refractivity contribution in [1.82, 2.24) is 15.5 Å². The van der Waals surface area contributed by atoms with Gasteiger partial charge < -0.3 is 76.4 Å². The number of ether oxygens (including phenoxy) is 1. The first-order valence-electron chi connectivity index (χ1n) is 13.7. The van der Waals surface area contributed by atoms with Gasteiger partial charge >= 0.3 is 0 Å². The molecule has 17 nitrogen and oxygen atoms in total. The van der Waals surface area contributed by atoms with Crippen molar-refractivity contribution in [2.45, 2.75) is 81.4 Å². The lowest BCUT2D eigenvalue weighted by molar-refractivity contribution is -0.149. The third-order valence-corrected chi connectivity index (χ3v) is 6.11. The molecule has 42 heavy (non-hydrogen) atoms. The first-order valence-corrected chi connectivity index (χ1v) is 13.7. The number of nitrogens with one attached hydrogen (secondary N) is 2. The maximum atomic E-state index is 12.1. The summed E-state index contributed by atoms with van der Waals surface area (Å²) < 4.78 is 5.37. The third kappa shape index (κ3) is 15.4. The van der Waals surface area contributed by atoms with E-state index < -0.39 is 73.9 Å². The van der Waals surface area contributed by atoms with Crippen molar-refractivity contribution in [2.75, 3.05) is 52.6 Å². The minimum atomic E-state index is -2.08. The number of hydrogen-bond donors (Lipinski definition) is 13.